The van der Waals surface area contributed by atoms with E-state index >= 15 is 0 Å². The molecule has 12 aromatic rings. The number of hydrogen-bond donors (Lipinski definition) is 0. The number of aromatic nitrogens is 2. The molecule has 2 heteroatoms. The Bertz CT molecular complexity index is 3710. The molecule has 61 heavy (non-hydrogen) atoms. The van der Waals surface area contributed by atoms with E-state index in [1.54, 1.807) is 0 Å². The molecular formula is C59H38N2. The molecule has 0 atom stereocenters. The minimum absolute atomic E-state index is 0.963. The Kier molecular flexibility index (Phi) is 7.40. The van der Waals surface area contributed by atoms with Gasteiger partial charge in [0.1, 0.15) is 0 Å². The first-order valence-electron chi connectivity index (χ1n) is 21.2. The maximum atomic E-state index is 2.43. The van der Waals surface area contributed by atoms with E-state index in [-0.39, 0.29) is 0 Å². The predicted molar refractivity (Wildman–Crippen MR) is 257 cm³/mol. The average Bonchev–Trinajstić information content (AvgIpc) is 3.99. The van der Waals surface area contributed by atoms with Gasteiger partial charge in [-0.15, -0.1) is 0 Å². The molecule has 2 heterocycles. The molecule has 2 aromatic heterocycles. The SMILES string of the molecule is c1ccc(-n2c3ccc(-c4ccc5c(c4)c4ccccc4n5-c4ccc(-c5ccc6ccccc6c5)cc4)cc3c3cc(-c4cccc5c4Cc4ccccc4-5)ccc32)cc1. The number of para-hydroxylation sites is 2. The van der Waals surface area contributed by atoms with Crippen LogP contribution in [0.25, 0.3) is 110 Å². The van der Waals surface area contributed by atoms with Crippen molar-refractivity contribution in [3.63, 3.8) is 0 Å². The van der Waals surface area contributed by atoms with Crippen LogP contribution in [0.3, 0.4) is 0 Å². The standard InChI is InChI=1S/C59H38N2/c1-2-14-46(15-3-1)60-58-31-26-43(35-54(58)55-37-45(27-32-59(55)60)49-18-10-19-50-48-16-7-6-13-44(48)36-52(49)50)42-25-30-57-53(34-42)51-17-8-9-20-56(51)61(57)47-28-23-39(24-29-47)41-22-21-38-11-4-5-12-40(38)33-41/h1-35,37H,36H2. The zero-order valence-electron chi connectivity index (χ0n) is 33.4. The largest absolute Gasteiger partial charge is 0.309 e. The van der Waals surface area contributed by atoms with Gasteiger partial charge in [0.25, 0.3) is 0 Å². The smallest absolute Gasteiger partial charge is 0.0541 e. The highest BCUT2D eigenvalue weighted by Crippen LogP contribution is 2.44. The summed E-state index contributed by atoms with van der Waals surface area (Å²) in [5.41, 5.74) is 20.1. The molecule has 0 aliphatic heterocycles. The second-order valence-corrected chi connectivity index (χ2v) is 16.5. The molecule has 0 radical (unpaired) electrons. The third kappa shape index (κ3) is 5.29. The predicted octanol–water partition coefficient (Wildman–Crippen LogP) is 15.6. The lowest BCUT2D eigenvalue weighted by Crippen LogP contribution is -1.94. The molecule has 0 N–H and O–H groups in total. The molecule has 284 valence electrons. The average molecular weight is 775 g/mol. The molecule has 0 unspecified atom stereocenters. The number of rotatable bonds is 5. The summed E-state index contributed by atoms with van der Waals surface area (Å²) in [5, 5.41) is 7.54. The normalized spacial score (nSPS) is 12.2. The van der Waals surface area contributed by atoms with E-state index in [4.69, 9.17) is 0 Å². The second-order valence-electron chi connectivity index (χ2n) is 16.5. The van der Waals surface area contributed by atoms with Crippen LogP contribution >= 0.6 is 0 Å². The Morgan fingerprint density at radius 1 is 0.279 bits per heavy atom. The highest BCUT2D eigenvalue weighted by Gasteiger charge is 2.22. The fraction of sp³-hybridized carbons (Fsp3) is 0.0169. The molecule has 2 nitrogen and oxygen atoms in total. The van der Waals surface area contributed by atoms with Crippen molar-refractivity contribution in [1.29, 1.82) is 0 Å². The van der Waals surface area contributed by atoms with E-state index in [0.29, 0.717) is 0 Å². The van der Waals surface area contributed by atoms with Crippen molar-refractivity contribution >= 4 is 54.4 Å². The summed E-state index contributed by atoms with van der Waals surface area (Å²) < 4.78 is 4.83. The van der Waals surface area contributed by atoms with Crippen molar-refractivity contribution in [3.05, 3.63) is 230 Å². The number of fused-ring (bicyclic) bond motifs is 10. The molecule has 0 saturated carbocycles. The molecule has 0 amide bonds. The number of hydrogen-bond acceptors (Lipinski definition) is 0. The van der Waals surface area contributed by atoms with Crippen molar-refractivity contribution in [2.24, 2.45) is 0 Å². The van der Waals surface area contributed by atoms with Gasteiger partial charge in [-0.25, -0.2) is 0 Å². The van der Waals surface area contributed by atoms with Crippen molar-refractivity contribution in [3.8, 4) is 55.9 Å². The van der Waals surface area contributed by atoms with Crippen LogP contribution in [-0.2, 0) is 6.42 Å². The first kappa shape index (κ1) is 34.0. The van der Waals surface area contributed by atoms with Gasteiger partial charge < -0.3 is 9.13 Å². The zero-order chi connectivity index (χ0) is 40.0. The Morgan fingerprint density at radius 2 is 0.787 bits per heavy atom. The Morgan fingerprint density at radius 3 is 1.56 bits per heavy atom. The van der Waals surface area contributed by atoms with Gasteiger partial charge in [0.2, 0.25) is 0 Å². The summed E-state index contributed by atoms with van der Waals surface area (Å²) in [6, 6.07) is 80.7. The lowest BCUT2D eigenvalue weighted by molar-refractivity contribution is 1.18. The molecule has 0 bridgehead atoms. The van der Waals surface area contributed by atoms with Crippen LogP contribution in [0.4, 0.5) is 0 Å². The minimum Gasteiger partial charge on any atom is -0.309 e. The molecule has 10 aromatic carbocycles. The van der Waals surface area contributed by atoms with E-state index in [2.05, 4.69) is 228 Å². The molecule has 0 fully saturated rings. The van der Waals surface area contributed by atoms with E-state index < -0.39 is 0 Å². The van der Waals surface area contributed by atoms with Crippen LogP contribution in [0.1, 0.15) is 11.1 Å². The molecular weight excluding hydrogens is 737 g/mol. The monoisotopic (exact) mass is 774 g/mol. The fourth-order valence-corrected chi connectivity index (χ4v) is 10.3. The van der Waals surface area contributed by atoms with E-state index in [0.717, 1.165) is 12.1 Å². The van der Waals surface area contributed by atoms with Gasteiger partial charge in [0.05, 0.1) is 22.1 Å². The third-order valence-electron chi connectivity index (χ3n) is 13.2. The second kappa shape index (κ2) is 13.3. The first-order chi connectivity index (χ1) is 30.2. The first-order valence-corrected chi connectivity index (χ1v) is 21.2. The molecule has 0 saturated heterocycles. The van der Waals surface area contributed by atoms with Crippen LogP contribution in [0.2, 0.25) is 0 Å². The highest BCUT2D eigenvalue weighted by molar-refractivity contribution is 6.13. The van der Waals surface area contributed by atoms with Crippen LogP contribution in [0.15, 0.2) is 218 Å². The maximum absolute atomic E-state index is 2.43. The summed E-state index contributed by atoms with van der Waals surface area (Å²) in [6.07, 6.45) is 0.963. The van der Waals surface area contributed by atoms with Crippen LogP contribution < -0.4 is 0 Å². The van der Waals surface area contributed by atoms with E-state index in [1.807, 2.05) is 0 Å². The number of benzene rings is 10. The highest BCUT2D eigenvalue weighted by atomic mass is 15.0. The van der Waals surface area contributed by atoms with Gasteiger partial charge >= 0.3 is 0 Å². The van der Waals surface area contributed by atoms with Crippen molar-refractivity contribution in [1.82, 2.24) is 9.13 Å². The molecule has 1 aliphatic carbocycles. The Balaban J connectivity index is 0.942. The van der Waals surface area contributed by atoms with Crippen molar-refractivity contribution in [2.75, 3.05) is 0 Å². The van der Waals surface area contributed by atoms with Crippen LogP contribution in [0.5, 0.6) is 0 Å². The van der Waals surface area contributed by atoms with Gasteiger partial charge in [-0.1, -0.05) is 146 Å². The summed E-state index contributed by atoms with van der Waals surface area (Å²) in [6.45, 7) is 0. The zero-order valence-corrected chi connectivity index (χ0v) is 33.4. The summed E-state index contributed by atoms with van der Waals surface area (Å²) in [5.74, 6) is 0. The minimum atomic E-state index is 0.963. The lowest BCUT2D eigenvalue weighted by Gasteiger charge is -2.11. The Labute approximate surface area is 353 Å². The van der Waals surface area contributed by atoms with Crippen molar-refractivity contribution < 1.29 is 0 Å². The van der Waals surface area contributed by atoms with Crippen LogP contribution in [0, 0.1) is 0 Å². The lowest BCUT2D eigenvalue weighted by atomic mass is 9.94. The number of nitrogens with zero attached hydrogens (tertiary/aromatic N) is 2. The summed E-state index contributed by atoms with van der Waals surface area (Å²) in [7, 11) is 0. The van der Waals surface area contributed by atoms with E-state index in [1.165, 1.54) is 116 Å². The van der Waals surface area contributed by atoms with Gasteiger partial charge in [0, 0.05) is 32.9 Å². The topological polar surface area (TPSA) is 9.86 Å². The molecule has 13 rings (SSSR count). The Hall–Kier alpha value is -7.94. The molecule has 0 spiro atoms. The molecule has 1 aliphatic rings. The van der Waals surface area contributed by atoms with Gasteiger partial charge in [-0.2, -0.15) is 0 Å². The summed E-state index contributed by atoms with van der Waals surface area (Å²) >= 11 is 0. The van der Waals surface area contributed by atoms with Crippen molar-refractivity contribution in [2.45, 2.75) is 6.42 Å². The van der Waals surface area contributed by atoms with Gasteiger partial charge in [-0.3, -0.25) is 0 Å². The van der Waals surface area contributed by atoms with Crippen LogP contribution in [-0.4, -0.2) is 9.13 Å². The third-order valence-corrected chi connectivity index (χ3v) is 13.2. The van der Waals surface area contributed by atoms with Gasteiger partial charge in [0.15, 0.2) is 0 Å². The van der Waals surface area contributed by atoms with E-state index in [9.17, 15) is 0 Å². The quantitative estimate of drug-likeness (QED) is 0.165. The summed E-state index contributed by atoms with van der Waals surface area (Å²) in [4.78, 5) is 0. The maximum Gasteiger partial charge on any atom is 0.0541 e. The fourth-order valence-electron chi connectivity index (χ4n) is 10.3. The van der Waals surface area contributed by atoms with Gasteiger partial charge in [-0.05, 0) is 146 Å².